The minimum atomic E-state index is -1.03. The van der Waals surface area contributed by atoms with E-state index in [2.05, 4.69) is 17.3 Å². The Morgan fingerprint density at radius 2 is 1.47 bits per heavy atom. The molecule has 38 heavy (non-hydrogen) atoms. The Kier molecular flexibility index (Phi) is 15.8. The Bertz CT molecular complexity index is 898. The molecule has 2 rings (SSSR count). The molecular weight excluding hydrogens is 478 g/mol. The smallest absolute Gasteiger partial charge is 0.310 e. The maximum Gasteiger partial charge on any atom is 0.310 e. The Morgan fingerprint density at radius 1 is 0.921 bits per heavy atom. The summed E-state index contributed by atoms with van der Waals surface area (Å²) in [7, 11) is 0. The van der Waals surface area contributed by atoms with Gasteiger partial charge in [0.1, 0.15) is 5.84 Å². The van der Waals surface area contributed by atoms with Crippen LogP contribution >= 0.6 is 0 Å². The number of hydrazone groups is 1. The summed E-state index contributed by atoms with van der Waals surface area (Å²) in [6, 6.07) is 8.97. The number of benzene rings is 1. The van der Waals surface area contributed by atoms with Gasteiger partial charge in [0.05, 0.1) is 18.0 Å². The van der Waals surface area contributed by atoms with E-state index in [0.29, 0.717) is 5.69 Å². The number of amides is 2. The molecule has 1 unspecified atom stereocenters. The van der Waals surface area contributed by atoms with Gasteiger partial charge < -0.3 is 10.4 Å². The summed E-state index contributed by atoms with van der Waals surface area (Å²) in [4.78, 5) is 36.3. The summed E-state index contributed by atoms with van der Waals surface area (Å²) >= 11 is 0. The minimum Gasteiger partial charge on any atom is -0.481 e. The molecule has 7 nitrogen and oxygen atoms in total. The van der Waals surface area contributed by atoms with Crippen molar-refractivity contribution in [3.63, 3.8) is 0 Å². The third kappa shape index (κ3) is 13.0. The zero-order valence-electron chi connectivity index (χ0n) is 23.2. The van der Waals surface area contributed by atoms with Gasteiger partial charge in [-0.2, -0.15) is 10.1 Å². The first-order chi connectivity index (χ1) is 18.5. The van der Waals surface area contributed by atoms with Crippen LogP contribution in [0.15, 0.2) is 47.6 Å². The molecule has 0 saturated carbocycles. The van der Waals surface area contributed by atoms with Crippen LogP contribution in [-0.2, 0) is 14.4 Å². The van der Waals surface area contributed by atoms with Crippen molar-refractivity contribution in [1.29, 1.82) is 0 Å². The number of allylic oxidation sites excluding steroid dienone is 1. The van der Waals surface area contributed by atoms with Crippen molar-refractivity contribution >= 4 is 29.3 Å². The molecule has 1 aliphatic rings. The highest BCUT2D eigenvalue weighted by Gasteiger charge is 2.27. The monoisotopic (exact) mass is 525 g/mol. The zero-order valence-corrected chi connectivity index (χ0v) is 23.2. The molecule has 1 atom stereocenters. The lowest BCUT2D eigenvalue weighted by Crippen LogP contribution is -2.32. The lowest BCUT2D eigenvalue weighted by molar-refractivity contribution is -0.142. The summed E-state index contributed by atoms with van der Waals surface area (Å²) < 4.78 is 0. The lowest BCUT2D eigenvalue weighted by atomic mass is 10.0. The van der Waals surface area contributed by atoms with E-state index >= 15 is 0 Å². The highest BCUT2D eigenvalue weighted by Crippen LogP contribution is 2.19. The molecule has 0 radical (unpaired) electrons. The first-order valence-corrected chi connectivity index (χ1v) is 14.7. The van der Waals surface area contributed by atoms with Gasteiger partial charge in [-0.3, -0.25) is 14.4 Å². The molecule has 1 heterocycles. The van der Waals surface area contributed by atoms with Gasteiger partial charge in [-0.15, -0.1) is 0 Å². The number of aliphatic carboxylic acids is 1. The van der Waals surface area contributed by atoms with Crippen LogP contribution in [0.4, 0.5) is 5.69 Å². The molecule has 0 aromatic heterocycles. The van der Waals surface area contributed by atoms with Crippen LogP contribution in [0.2, 0.25) is 0 Å². The number of hydrogen-bond donors (Lipinski definition) is 2. The van der Waals surface area contributed by atoms with Crippen LogP contribution in [-0.4, -0.2) is 28.7 Å². The van der Waals surface area contributed by atoms with Crippen LogP contribution in [0.3, 0.4) is 0 Å². The van der Waals surface area contributed by atoms with Gasteiger partial charge in [-0.05, 0) is 25.0 Å². The van der Waals surface area contributed by atoms with E-state index in [0.717, 1.165) is 19.3 Å². The second kappa shape index (κ2) is 19.2. The van der Waals surface area contributed by atoms with Crippen molar-refractivity contribution in [2.75, 3.05) is 5.01 Å². The standard InChI is InChI=1S/C31H47N3O4/c1-2-3-4-5-6-7-8-9-10-11-12-13-14-15-16-18-21-26(31(37)38)24-29(35)32-28-25-30(36)34(33-28)27-22-19-17-20-23-27/h17-23,26H,2-16,24-25H2,1H3,(H,37,38)(H,32,33,35). The van der Waals surface area contributed by atoms with E-state index < -0.39 is 17.8 Å². The minimum absolute atomic E-state index is 0.0205. The van der Waals surface area contributed by atoms with Gasteiger partial charge in [0.2, 0.25) is 5.91 Å². The van der Waals surface area contributed by atoms with Crippen LogP contribution in [0.5, 0.6) is 0 Å². The van der Waals surface area contributed by atoms with E-state index in [1.54, 1.807) is 30.3 Å². The number of carboxylic acid groups (broad SMARTS) is 1. The summed E-state index contributed by atoms with van der Waals surface area (Å²) in [5.74, 6) is -2.40. The molecule has 0 aliphatic carbocycles. The fourth-order valence-electron chi connectivity index (χ4n) is 4.64. The zero-order chi connectivity index (χ0) is 27.4. The van der Waals surface area contributed by atoms with E-state index in [1.165, 1.54) is 82.1 Å². The first-order valence-electron chi connectivity index (χ1n) is 14.7. The van der Waals surface area contributed by atoms with Gasteiger partial charge in [0, 0.05) is 6.42 Å². The molecule has 210 valence electrons. The van der Waals surface area contributed by atoms with Crippen molar-refractivity contribution in [3.05, 3.63) is 42.5 Å². The Labute approximate surface area is 228 Å². The predicted octanol–water partition coefficient (Wildman–Crippen LogP) is 7.37. The number of nitrogens with one attached hydrogen (secondary N) is 1. The molecule has 1 aromatic rings. The number of para-hydroxylation sites is 1. The number of carboxylic acids is 1. The van der Waals surface area contributed by atoms with Crippen LogP contribution in [0.1, 0.15) is 116 Å². The SMILES string of the molecule is CCCCCCCCCCCCCCCCC=CC(CC(=O)NC1=NN(c2ccccc2)C(=O)C1)C(=O)O. The topological polar surface area (TPSA) is 99.1 Å². The molecule has 1 aromatic carbocycles. The third-order valence-corrected chi connectivity index (χ3v) is 6.88. The number of carbonyl (C=O) groups is 3. The maximum atomic E-state index is 12.4. The largest absolute Gasteiger partial charge is 0.481 e. The second-order valence-corrected chi connectivity index (χ2v) is 10.3. The number of hydrogen-bond acceptors (Lipinski definition) is 4. The molecule has 0 spiro atoms. The van der Waals surface area contributed by atoms with Crippen LogP contribution in [0.25, 0.3) is 0 Å². The molecule has 2 N–H and O–H groups in total. The lowest BCUT2D eigenvalue weighted by Gasteiger charge is -2.10. The Morgan fingerprint density at radius 3 is 2.03 bits per heavy atom. The van der Waals surface area contributed by atoms with Gasteiger partial charge in [0.15, 0.2) is 0 Å². The number of nitrogens with zero attached hydrogens (tertiary/aromatic N) is 2. The van der Waals surface area contributed by atoms with E-state index in [1.807, 2.05) is 12.1 Å². The quantitative estimate of drug-likeness (QED) is 0.137. The number of carbonyl (C=O) groups excluding carboxylic acids is 2. The summed E-state index contributed by atoms with van der Waals surface area (Å²) in [5, 5.41) is 17.6. The van der Waals surface area contributed by atoms with Crippen molar-refractivity contribution < 1.29 is 19.5 Å². The molecule has 7 heteroatoms. The fourth-order valence-corrected chi connectivity index (χ4v) is 4.64. The highest BCUT2D eigenvalue weighted by atomic mass is 16.4. The third-order valence-electron chi connectivity index (χ3n) is 6.88. The Balaban J connectivity index is 1.55. The fraction of sp³-hybridized carbons (Fsp3) is 0.613. The molecule has 0 saturated heterocycles. The van der Waals surface area contributed by atoms with Crippen LogP contribution < -0.4 is 10.3 Å². The normalized spacial score (nSPS) is 14.2. The number of rotatable bonds is 20. The summed E-state index contributed by atoms with van der Waals surface area (Å²) in [5.41, 5.74) is 0.622. The van der Waals surface area contributed by atoms with Crippen molar-refractivity contribution in [3.8, 4) is 0 Å². The van der Waals surface area contributed by atoms with Crippen molar-refractivity contribution in [2.24, 2.45) is 11.0 Å². The predicted molar refractivity (Wildman–Crippen MR) is 154 cm³/mol. The van der Waals surface area contributed by atoms with Crippen molar-refractivity contribution in [1.82, 2.24) is 5.32 Å². The molecule has 0 fully saturated rings. The van der Waals surface area contributed by atoms with E-state index in [9.17, 15) is 19.5 Å². The molecule has 1 aliphatic heterocycles. The molecule has 2 amide bonds. The maximum absolute atomic E-state index is 12.4. The van der Waals surface area contributed by atoms with Gasteiger partial charge in [0.25, 0.3) is 5.91 Å². The average Bonchev–Trinajstić information content (AvgIpc) is 3.27. The second-order valence-electron chi connectivity index (χ2n) is 10.3. The molecular formula is C31H47N3O4. The highest BCUT2D eigenvalue weighted by molar-refractivity contribution is 6.15. The average molecular weight is 526 g/mol. The van der Waals surface area contributed by atoms with E-state index in [4.69, 9.17) is 0 Å². The summed E-state index contributed by atoms with van der Waals surface area (Å²) in [6.45, 7) is 2.26. The molecule has 0 bridgehead atoms. The van der Waals surface area contributed by atoms with E-state index in [-0.39, 0.29) is 24.6 Å². The van der Waals surface area contributed by atoms with Gasteiger partial charge in [-0.25, -0.2) is 0 Å². The number of anilines is 1. The Hall–Kier alpha value is -2.96. The number of unbranched alkanes of at least 4 members (excludes halogenated alkanes) is 14. The van der Waals surface area contributed by atoms with Crippen LogP contribution in [0, 0.1) is 5.92 Å². The number of amidine groups is 1. The first kappa shape index (κ1) is 31.3. The van der Waals surface area contributed by atoms with Gasteiger partial charge >= 0.3 is 5.97 Å². The summed E-state index contributed by atoms with van der Waals surface area (Å²) in [6.07, 6.45) is 22.4. The van der Waals surface area contributed by atoms with Crippen molar-refractivity contribution in [2.45, 2.75) is 116 Å². The van der Waals surface area contributed by atoms with Gasteiger partial charge in [-0.1, -0.05) is 121 Å².